The Morgan fingerprint density at radius 2 is 1.88 bits per heavy atom. The van der Waals surface area contributed by atoms with Crippen molar-refractivity contribution in [2.45, 2.75) is 69.5 Å². The van der Waals surface area contributed by atoms with Crippen LogP contribution in [-0.4, -0.2) is 89.8 Å². The molecule has 2 bridgehead atoms. The van der Waals surface area contributed by atoms with E-state index in [0.717, 1.165) is 0 Å². The van der Waals surface area contributed by atoms with Crippen LogP contribution in [0.2, 0.25) is 0 Å². The summed E-state index contributed by atoms with van der Waals surface area (Å²) < 4.78 is 48.3. The fraction of sp³-hybridized carbons (Fsp3) is 1.00. The number of fused-ring (bicyclic) bond motifs is 3. The van der Waals surface area contributed by atoms with Crippen molar-refractivity contribution in [2.75, 3.05) is 34.5 Å². The van der Waals surface area contributed by atoms with Gasteiger partial charge in [0.15, 0.2) is 12.6 Å². The van der Waals surface area contributed by atoms with Crippen LogP contribution < -0.4 is 0 Å². The van der Waals surface area contributed by atoms with Gasteiger partial charge in [-0.05, 0) is 18.8 Å². The molecule has 0 aromatic rings. The quantitative estimate of drug-likeness (QED) is 0.688. The minimum Gasteiger partial charge on any atom is -0.382 e. The standard InChI is InChI=1S/C18H32O8/c1-9-10(2)18(3)8-23-12(9)17(26-18)25-13-11(7-20-4)24-16(19)15(22-6)14(13)21-5/h9-17,19H,7-8H2,1-6H3/t9-,10-,11?,12?,13+,14?,15?,16-,17+,18?/m0/s1/i19T. The van der Waals surface area contributed by atoms with E-state index in [1.807, 2.05) is 0 Å². The van der Waals surface area contributed by atoms with Gasteiger partial charge in [-0.25, -0.2) is 0 Å². The Labute approximate surface area is 156 Å². The molecule has 26 heavy (non-hydrogen) atoms. The van der Waals surface area contributed by atoms with Crippen molar-refractivity contribution in [1.82, 2.24) is 0 Å². The van der Waals surface area contributed by atoms with E-state index in [-0.39, 0.29) is 18.6 Å². The summed E-state index contributed by atoms with van der Waals surface area (Å²) in [5, 5.41) is 4.69. The molecule has 0 aromatic carbocycles. The SMILES string of the molecule is [3H]O[C@H]1OC(COC)[C@@H](O[C@@H]2OC3(C)COC2[C@@H](C)[C@@H]3C)C(OC)C1OC. The molecule has 4 aliphatic rings. The molecule has 4 saturated heterocycles. The third kappa shape index (κ3) is 3.42. The van der Waals surface area contributed by atoms with E-state index in [1.165, 1.54) is 7.11 Å². The molecule has 0 radical (unpaired) electrons. The lowest BCUT2D eigenvalue weighted by Gasteiger charge is -2.56. The van der Waals surface area contributed by atoms with Gasteiger partial charge in [0.05, 0.1) is 18.8 Å². The molecule has 5 unspecified atom stereocenters. The average molecular weight is 378 g/mol. The first kappa shape index (κ1) is 19.0. The zero-order chi connectivity index (χ0) is 19.8. The molecule has 8 heteroatoms. The van der Waals surface area contributed by atoms with E-state index in [1.54, 1.807) is 14.2 Å². The van der Waals surface area contributed by atoms with Gasteiger partial charge in [-0.15, -0.1) is 0 Å². The van der Waals surface area contributed by atoms with Crippen molar-refractivity contribution in [3.63, 3.8) is 0 Å². The van der Waals surface area contributed by atoms with Crippen molar-refractivity contribution in [3.8, 4) is 0 Å². The highest BCUT2D eigenvalue weighted by atomic mass is 16.8. The second-order valence-electron chi connectivity index (χ2n) is 7.72. The Bertz CT molecular complexity index is 496. The molecular formula is C18H32O8. The predicted octanol–water partition coefficient (Wildman–Crippen LogP) is 0.551. The highest BCUT2D eigenvalue weighted by molar-refractivity contribution is 5.00. The van der Waals surface area contributed by atoms with Crippen LogP contribution in [0.15, 0.2) is 0 Å². The number of rotatable bonds is 7. The van der Waals surface area contributed by atoms with E-state index in [4.69, 9.17) is 39.7 Å². The van der Waals surface area contributed by atoms with Gasteiger partial charge in [-0.1, -0.05) is 13.8 Å². The van der Waals surface area contributed by atoms with Crippen molar-refractivity contribution >= 4 is 0 Å². The summed E-state index contributed by atoms with van der Waals surface area (Å²) in [5.74, 6) is 0.649. The number of hydrogen-bond donors (Lipinski definition) is 1. The normalized spacial score (nSPS) is 52.1. The van der Waals surface area contributed by atoms with E-state index >= 15 is 0 Å². The third-order valence-corrected chi connectivity index (χ3v) is 6.24. The largest absolute Gasteiger partial charge is 0.382 e. The van der Waals surface area contributed by atoms with Crippen LogP contribution in [0.5, 0.6) is 0 Å². The lowest BCUT2D eigenvalue weighted by atomic mass is 9.74. The average Bonchev–Trinajstić information content (AvgIpc) is 2.66. The molecule has 0 aliphatic carbocycles. The number of aliphatic hydroxyl groups is 1. The summed E-state index contributed by atoms with van der Waals surface area (Å²) in [5.41, 5.74) is -0.402. The molecule has 4 rings (SSSR count). The molecule has 4 heterocycles. The topological polar surface area (TPSA) is 84.8 Å². The van der Waals surface area contributed by atoms with Crippen molar-refractivity contribution in [2.24, 2.45) is 11.8 Å². The van der Waals surface area contributed by atoms with E-state index in [0.29, 0.717) is 12.5 Å². The Morgan fingerprint density at radius 1 is 1.15 bits per heavy atom. The summed E-state index contributed by atoms with van der Waals surface area (Å²) in [6.45, 7) is 7.20. The monoisotopic (exact) mass is 378 g/mol. The maximum absolute atomic E-state index is 7.29. The van der Waals surface area contributed by atoms with E-state index < -0.39 is 42.6 Å². The molecule has 1 N–H and O–H groups in total. The summed E-state index contributed by atoms with van der Waals surface area (Å²) >= 11 is 0. The van der Waals surface area contributed by atoms with E-state index in [9.17, 15) is 0 Å². The molecule has 0 spiro atoms. The first-order valence-corrected chi connectivity index (χ1v) is 9.17. The van der Waals surface area contributed by atoms with Gasteiger partial charge in [0.1, 0.15) is 30.5 Å². The van der Waals surface area contributed by atoms with Crippen LogP contribution in [0, 0.1) is 11.8 Å². The molecule has 152 valence electrons. The maximum atomic E-state index is 7.29. The Morgan fingerprint density at radius 3 is 2.46 bits per heavy atom. The minimum absolute atomic E-state index is 0.173. The Balaban J connectivity index is 1.81. The first-order valence-electron chi connectivity index (χ1n) is 9.57. The van der Waals surface area contributed by atoms with Gasteiger partial charge in [-0.3, -0.25) is 0 Å². The maximum Gasteiger partial charge on any atom is 0.213 e. The van der Waals surface area contributed by atoms with Gasteiger partial charge in [0, 0.05) is 21.3 Å². The zero-order valence-electron chi connectivity index (χ0n) is 17.4. The summed E-state index contributed by atoms with van der Waals surface area (Å²) in [6.07, 6.45) is -3.82. The van der Waals surface area contributed by atoms with Crippen LogP contribution >= 0.6 is 0 Å². The van der Waals surface area contributed by atoms with Crippen LogP contribution in [-0.2, 0) is 33.2 Å². The van der Waals surface area contributed by atoms with Crippen LogP contribution in [0.3, 0.4) is 0 Å². The summed E-state index contributed by atoms with van der Waals surface area (Å²) in [6, 6.07) is 0. The van der Waals surface area contributed by atoms with Gasteiger partial charge in [0.25, 0.3) is 0 Å². The fourth-order valence-electron chi connectivity index (χ4n) is 4.30. The molecule has 0 saturated carbocycles. The van der Waals surface area contributed by atoms with Crippen LogP contribution in [0.1, 0.15) is 20.8 Å². The second kappa shape index (κ2) is 7.97. The number of hydrogen-bond acceptors (Lipinski definition) is 8. The molecule has 0 aromatic heterocycles. The molecule has 4 aliphatic heterocycles. The van der Waals surface area contributed by atoms with Crippen LogP contribution in [0.4, 0.5) is 0 Å². The van der Waals surface area contributed by atoms with Crippen molar-refractivity contribution in [3.05, 3.63) is 0 Å². The molecule has 4 fully saturated rings. The number of ether oxygens (including phenoxy) is 7. The van der Waals surface area contributed by atoms with Gasteiger partial charge >= 0.3 is 0 Å². The highest BCUT2D eigenvalue weighted by Gasteiger charge is 2.57. The minimum atomic E-state index is -0.906. The van der Waals surface area contributed by atoms with Crippen molar-refractivity contribution in [1.29, 1.82) is 1.43 Å². The summed E-state index contributed by atoms with van der Waals surface area (Å²) in [7, 11) is 4.67. The van der Waals surface area contributed by atoms with Gasteiger partial charge in [0.2, 0.25) is 1.43 Å². The van der Waals surface area contributed by atoms with Gasteiger partial charge in [-0.2, -0.15) is 0 Å². The van der Waals surface area contributed by atoms with Crippen LogP contribution in [0.25, 0.3) is 0 Å². The third-order valence-electron chi connectivity index (χ3n) is 6.24. The Kier molecular flexibility index (Phi) is 5.83. The fourth-order valence-corrected chi connectivity index (χ4v) is 4.30. The number of methoxy groups -OCH3 is 3. The lowest BCUT2D eigenvalue weighted by Crippen LogP contribution is -2.68. The van der Waals surface area contributed by atoms with E-state index in [2.05, 4.69) is 20.8 Å². The first-order chi connectivity index (χ1) is 12.9. The molecule has 8 nitrogen and oxygen atoms in total. The lowest BCUT2D eigenvalue weighted by molar-refractivity contribution is -0.398. The highest BCUT2D eigenvalue weighted by Crippen LogP contribution is 2.45. The smallest absolute Gasteiger partial charge is 0.213 e. The predicted molar refractivity (Wildman–Crippen MR) is 90.6 cm³/mol. The molecule has 10 atom stereocenters. The Hall–Kier alpha value is -0.320. The number of aliphatic hydroxyl groups excluding tert-OH is 1. The second-order valence-corrected chi connectivity index (χ2v) is 7.72. The summed E-state index contributed by atoms with van der Waals surface area (Å²) in [4.78, 5) is 0. The molecular weight excluding hydrogens is 344 g/mol. The molecule has 0 amide bonds. The zero-order valence-corrected chi connectivity index (χ0v) is 16.4. The van der Waals surface area contributed by atoms with Crippen molar-refractivity contribution < 1.29 is 38.3 Å². The van der Waals surface area contributed by atoms with Gasteiger partial charge < -0.3 is 38.3 Å².